The van der Waals surface area contributed by atoms with Crippen LogP contribution >= 0.6 is 23.2 Å². The molecule has 1 rings (SSSR count). The van der Waals surface area contributed by atoms with Crippen molar-refractivity contribution >= 4 is 40.7 Å². The Morgan fingerprint density at radius 1 is 1.20 bits per heavy atom. The first-order chi connectivity index (χ1) is 9.29. The number of anilines is 1. The predicted octanol–water partition coefficient (Wildman–Crippen LogP) is 3.12. The topological polar surface area (TPSA) is 49.4 Å². The molecule has 0 radical (unpaired) electrons. The number of nitrogens with one attached hydrogen (secondary N) is 1. The minimum Gasteiger partial charge on any atom is -0.354 e. The van der Waals surface area contributed by atoms with Crippen molar-refractivity contribution in [1.29, 1.82) is 0 Å². The molecule has 0 fully saturated rings. The Balaban J connectivity index is 2.84. The third kappa shape index (κ3) is 5.39. The molecule has 0 heterocycles. The first-order valence-corrected chi connectivity index (χ1v) is 7.06. The molecule has 0 bridgehead atoms. The Morgan fingerprint density at radius 2 is 1.75 bits per heavy atom. The van der Waals surface area contributed by atoms with E-state index >= 15 is 0 Å². The van der Waals surface area contributed by atoms with Gasteiger partial charge in [-0.1, -0.05) is 37.0 Å². The van der Waals surface area contributed by atoms with E-state index in [1.807, 2.05) is 13.8 Å². The van der Waals surface area contributed by atoms with Crippen LogP contribution in [-0.2, 0) is 9.59 Å². The fourth-order valence-corrected chi connectivity index (χ4v) is 2.11. The molecule has 0 aliphatic heterocycles. The number of hydrogen-bond donors (Lipinski definition) is 1. The minimum atomic E-state index is -0.247. The van der Waals surface area contributed by atoms with E-state index in [-0.39, 0.29) is 18.4 Å². The van der Waals surface area contributed by atoms with Gasteiger partial charge in [0.05, 0.1) is 0 Å². The van der Waals surface area contributed by atoms with Crippen LogP contribution < -0.4 is 10.2 Å². The van der Waals surface area contributed by atoms with Gasteiger partial charge in [-0.25, -0.2) is 0 Å². The van der Waals surface area contributed by atoms with Crippen LogP contribution in [0.5, 0.6) is 0 Å². The Labute approximate surface area is 129 Å². The third-order valence-electron chi connectivity index (χ3n) is 2.55. The average molecular weight is 317 g/mol. The van der Waals surface area contributed by atoms with Crippen molar-refractivity contribution in [1.82, 2.24) is 5.32 Å². The fraction of sp³-hybridized carbons (Fsp3) is 0.429. The summed E-state index contributed by atoms with van der Waals surface area (Å²) in [5.41, 5.74) is 0.509. The number of hydrogen-bond acceptors (Lipinski definition) is 2. The lowest BCUT2D eigenvalue weighted by molar-refractivity contribution is -0.123. The lowest BCUT2D eigenvalue weighted by Crippen LogP contribution is -2.40. The maximum atomic E-state index is 11.8. The van der Waals surface area contributed by atoms with Crippen molar-refractivity contribution in [2.45, 2.75) is 20.8 Å². The molecule has 0 unspecified atom stereocenters. The zero-order valence-corrected chi connectivity index (χ0v) is 13.3. The van der Waals surface area contributed by atoms with Gasteiger partial charge in [0.25, 0.3) is 0 Å². The number of halogens is 2. The SMILES string of the molecule is CC(=O)N(CC(=O)NCC(C)C)c1cc(Cl)cc(Cl)c1. The van der Waals surface area contributed by atoms with Gasteiger partial charge < -0.3 is 10.2 Å². The molecular weight excluding hydrogens is 299 g/mol. The van der Waals surface area contributed by atoms with E-state index in [0.29, 0.717) is 28.2 Å². The molecule has 0 saturated heterocycles. The van der Waals surface area contributed by atoms with Crippen LogP contribution in [-0.4, -0.2) is 24.9 Å². The van der Waals surface area contributed by atoms with Crippen LogP contribution in [0, 0.1) is 5.92 Å². The van der Waals surface area contributed by atoms with Crippen molar-refractivity contribution in [3.63, 3.8) is 0 Å². The number of nitrogens with zero attached hydrogens (tertiary/aromatic N) is 1. The summed E-state index contributed by atoms with van der Waals surface area (Å²) in [6, 6.07) is 4.78. The van der Waals surface area contributed by atoms with Crippen LogP contribution in [0.3, 0.4) is 0 Å². The molecule has 1 aromatic carbocycles. The minimum absolute atomic E-state index is 0.0568. The Morgan fingerprint density at radius 3 is 2.20 bits per heavy atom. The fourth-order valence-electron chi connectivity index (χ4n) is 1.60. The summed E-state index contributed by atoms with van der Waals surface area (Å²) in [5.74, 6) is -0.113. The molecular formula is C14H18Cl2N2O2. The quantitative estimate of drug-likeness (QED) is 0.907. The van der Waals surface area contributed by atoms with Gasteiger partial charge in [0.15, 0.2) is 0 Å². The van der Waals surface area contributed by atoms with Crippen LogP contribution in [0.15, 0.2) is 18.2 Å². The molecule has 0 spiro atoms. The summed E-state index contributed by atoms with van der Waals surface area (Å²) in [4.78, 5) is 24.9. The van der Waals surface area contributed by atoms with Crippen LogP contribution in [0.2, 0.25) is 10.0 Å². The van der Waals surface area contributed by atoms with Crippen molar-refractivity contribution in [3.8, 4) is 0 Å². The Hall–Kier alpha value is -1.26. The normalized spacial score (nSPS) is 10.5. The predicted molar refractivity (Wildman–Crippen MR) is 82.3 cm³/mol. The van der Waals surface area contributed by atoms with Crippen molar-refractivity contribution in [2.75, 3.05) is 18.0 Å². The summed E-state index contributed by atoms with van der Waals surface area (Å²) < 4.78 is 0. The second-order valence-electron chi connectivity index (χ2n) is 4.93. The van der Waals surface area contributed by atoms with Crippen molar-refractivity contribution < 1.29 is 9.59 Å². The summed E-state index contributed by atoms with van der Waals surface area (Å²) in [6.07, 6.45) is 0. The van der Waals surface area contributed by atoms with E-state index in [4.69, 9.17) is 23.2 Å². The summed E-state index contributed by atoms with van der Waals surface area (Å²) in [6.45, 7) is 5.91. The van der Waals surface area contributed by atoms with E-state index in [1.165, 1.54) is 11.8 Å². The first kappa shape index (κ1) is 16.8. The molecule has 6 heteroatoms. The smallest absolute Gasteiger partial charge is 0.240 e. The van der Waals surface area contributed by atoms with Crippen LogP contribution in [0.1, 0.15) is 20.8 Å². The highest BCUT2D eigenvalue weighted by molar-refractivity contribution is 6.35. The van der Waals surface area contributed by atoms with E-state index in [1.54, 1.807) is 18.2 Å². The maximum absolute atomic E-state index is 11.8. The van der Waals surface area contributed by atoms with Gasteiger partial charge in [-0.3, -0.25) is 9.59 Å². The van der Waals surface area contributed by atoms with Gasteiger partial charge in [0.1, 0.15) is 6.54 Å². The first-order valence-electron chi connectivity index (χ1n) is 6.30. The molecule has 0 aliphatic rings. The highest BCUT2D eigenvalue weighted by Crippen LogP contribution is 2.25. The number of carbonyl (C=O) groups excluding carboxylic acids is 2. The second-order valence-corrected chi connectivity index (χ2v) is 5.80. The molecule has 4 nitrogen and oxygen atoms in total. The van der Waals surface area contributed by atoms with E-state index in [2.05, 4.69) is 5.32 Å². The standard InChI is InChI=1S/C14H18Cl2N2O2/c1-9(2)7-17-14(20)8-18(10(3)19)13-5-11(15)4-12(16)6-13/h4-6,9H,7-8H2,1-3H3,(H,17,20). The molecule has 1 aromatic rings. The van der Waals surface area contributed by atoms with Gasteiger partial charge in [-0.15, -0.1) is 0 Å². The molecule has 0 saturated carbocycles. The average Bonchev–Trinajstić information content (AvgIpc) is 2.31. The van der Waals surface area contributed by atoms with Gasteiger partial charge in [-0.05, 0) is 24.1 Å². The molecule has 2 amide bonds. The van der Waals surface area contributed by atoms with Gasteiger partial charge in [-0.2, -0.15) is 0 Å². The number of amides is 2. The Bertz CT molecular complexity index is 484. The molecule has 20 heavy (non-hydrogen) atoms. The van der Waals surface area contributed by atoms with Gasteiger partial charge in [0, 0.05) is 29.2 Å². The number of rotatable bonds is 5. The molecule has 0 aromatic heterocycles. The van der Waals surface area contributed by atoms with E-state index in [0.717, 1.165) is 0 Å². The zero-order chi connectivity index (χ0) is 15.3. The lowest BCUT2D eigenvalue weighted by atomic mass is 10.2. The van der Waals surface area contributed by atoms with Crippen LogP contribution in [0.25, 0.3) is 0 Å². The molecule has 110 valence electrons. The monoisotopic (exact) mass is 316 g/mol. The largest absolute Gasteiger partial charge is 0.354 e. The Kier molecular flexibility index (Phi) is 6.30. The maximum Gasteiger partial charge on any atom is 0.240 e. The summed E-state index contributed by atoms with van der Waals surface area (Å²) in [7, 11) is 0. The summed E-state index contributed by atoms with van der Waals surface area (Å²) in [5, 5.41) is 3.60. The van der Waals surface area contributed by atoms with E-state index < -0.39 is 0 Å². The van der Waals surface area contributed by atoms with Crippen molar-refractivity contribution in [3.05, 3.63) is 28.2 Å². The lowest BCUT2D eigenvalue weighted by Gasteiger charge is -2.21. The molecule has 0 aliphatic carbocycles. The van der Waals surface area contributed by atoms with Crippen molar-refractivity contribution in [2.24, 2.45) is 5.92 Å². The molecule has 0 atom stereocenters. The molecule has 1 N–H and O–H groups in total. The van der Waals surface area contributed by atoms with E-state index in [9.17, 15) is 9.59 Å². The van der Waals surface area contributed by atoms with Gasteiger partial charge >= 0.3 is 0 Å². The summed E-state index contributed by atoms with van der Waals surface area (Å²) >= 11 is 11.8. The number of carbonyl (C=O) groups is 2. The second kappa shape index (κ2) is 7.50. The third-order valence-corrected chi connectivity index (χ3v) is 2.98. The highest BCUT2D eigenvalue weighted by atomic mass is 35.5. The van der Waals surface area contributed by atoms with Gasteiger partial charge in [0.2, 0.25) is 11.8 Å². The van der Waals surface area contributed by atoms with Crippen LogP contribution in [0.4, 0.5) is 5.69 Å². The number of benzene rings is 1. The zero-order valence-electron chi connectivity index (χ0n) is 11.7. The highest BCUT2D eigenvalue weighted by Gasteiger charge is 2.16.